The summed E-state index contributed by atoms with van der Waals surface area (Å²) in [5.41, 5.74) is 2.11. The van der Waals surface area contributed by atoms with Gasteiger partial charge in [-0.25, -0.2) is 0 Å². The van der Waals surface area contributed by atoms with Crippen LogP contribution in [-0.2, 0) is 31.9 Å². The molecule has 2 aromatic rings. The van der Waals surface area contributed by atoms with Crippen molar-refractivity contribution in [1.82, 2.24) is 4.90 Å². The Labute approximate surface area is 240 Å². The molecule has 0 aliphatic carbocycles. The minimum Gasteiger partial charge on any atom is -0.414 e. The number of fused-ring (bicyclic) bond motifs is 1. The van der Waals surface area contributed by atoms with Gasteiger partial charge >= 0.3 is 0 Å². The number of hydrogen-bond donors (Lipinski definition) is 1. The van der Waals surface area contributed by atoms with E-state index in [-0.39, 0.29) is 34.8 Å². The third-order valence-electron chi connectivity index (χ3n) is 7.46. The second-order valence-electron chi connectivity index (χ2n) is 11.6. The molecule has 2 aliphatic heterocycles. The molecule has 2 heterocycles. The zero-order valence-corrected chi connectivity index (χ0v) is 26.5. The Morgan fingerprint density at radius 2 is 1.41 bits per heavy atom. The molecule has 0 spiro atoms. The summed E-state index contributed by atoms with van der Waals surface area (Å²) in [4.78, 5) is 7.08. The molecule has 0 amide bonds. The van der Waals surface area contributed by atoms with Crippen molar-refractivity contribution in [3.8, 4) is 0 Å². The van der Waals surface area contributed by atoms with Crippen LogP contribution in [0.15, 0.2) is 65.7 Å². The zero-order valence-electron chi connectivity index (χ0n) is 24.7. The molecule has 4 rings (SSSR count). The molecule has 2 aromatic carbocycles. The van der Waals surface area contributed by atoms with Gasteiger partial charge < -0.3 is 28.6 Å². The molecule has 0 unspecified atom stereocenters. The highest BCUT2D eigenvalue weighted by Gasteiger charge is 2.52. The quantitative estimate of drug-likeness (QED) is 0.394. The summed E-state index contributed by atoms with van der Waals surface area (Å²) >= 11 is 1.66. The fourth-order valence-electron chi connectivity index (χ4n) is 4.18. The van der Waals surface area contributed by atoms with Gasteiger partial charge in [0.2, 0.25) is 0 Å². The fraction of sp³-hybridized carbons (Fsp3) is 0.567. The number of amidine groups is 1. The highest BCUT2D eigenvalue weighted by molar-refractivity contribution is 8.14. The number of nitrogens with zero attached hydrogens (tertiary/aromatic N) is 2. The summed E-state index contributed by atoms with van der Waals surface area (Å²) < 4.78 is 26.7. The van der Waals surface area contributed by atoms with Gasteiger partial charge in [-0.05, 0) is 29.3 Å². The Morgan fingerprint density at radius 3 is 1.90 bits per heavy atom. The number of rotatable bonds is 9. The van der Waals surface area contributed by atoms with E-state index in [4.69, 9.17) is 28.7 Å². The van der Waals surface area contributed by atoms with Crippen LogP contribution in [0, 0.1) is 0 Å². The predicted molar refractivity (Wildman–Crippen MR) is 162 cm³/mol. The lowest BCUT2D eigenvalue weighted by Crippen LogP contribution is -2.59. The first kappa shape index (κ1) is 31.8. The van der Waals surface area contributed by atoms with Gasteiger partial charge in [0.1, 0.15) is 29.8 Å². The topological polar surface area (TPSA) is 72.8 Å². The van der Waals surface area contributed by atoms with Crippen molar-refractivity contribution in [2.45, 2.75) is 81.9 Å². The van der Waals surface area contributed by atoms with Crippen LogP contribution in [-0.4, -0.2) is 81.1 Å². The average molecular weight is 575 g/mol. The van der Waals surface area contributed by atoms with E-state index >= 15 is 0 Å². The van der Waals surface area contributed by atoms with Gasteiger partial charge in [-0.15, -0.1) is 0 Å². The van der Waals surface area contributed by atoms with E-state index in [9.17, 15) is 0 Å². The van der Waals surface area contributed by atoms with Crippen molar-refractivity contribution < 1.29 is 23.7 Å². The number of thioether (sulfide) groups is 1. The first-order valence-corrected chi connectivity index (χ1v) is 17.3. The van der Waals surface area contributed by atoms with E-state index in [1.165, 1.54) is 0 Å². The van der Waals surface area contributed by atoms with Gasteiger partial charge in [-0.2, -0.15) is 0 Å². The van der Waals surface area contributed by atoms with Crippen molar-refractivity contribution in [2.75, 3.05) is 27.8 Å². The molecule has 0 bridgehead atoms. The molecular weight excluding hydrogens is 528 g/mol. The largest absolute Gasteiger partial charge is 0.414 e. The van der Waals surface area contributed by atoms with Crippen LogP contribution in [0.5, 0.6) is 0 Å². The smallest absolute Gasteiger partial charge is 0.192 e. The number of aliphatic hydroxyl groups is 1. The Bertz CT molecular complexity index is 1030. The highest BCUT2D eigenvalue weighted by Crippen LogP contribution is 2.41. The lowest BCUT2D eigenvalue weighted by atomic mass is 9.97. The Balaban J connectivity index is 0.00000205. The predicted octanol–water partition coefficient (Wildman–Crippen LogP) is 5.55. The summed E-state index contributed by atoms with van der Waals surface area (Å²) in [7, 11) is 3.05. The fourth-order valence-corrected chi connectivity index (χ4v) is 6.34. The first-order chi connectivity index (χ1) is 18.5. The van der Waals surface area contributed by atoms with E-state index in [2.05, 4.69) is 58.1 Å². The van der Waals surface area contributed by atoms with Crippen molar-refractivity contribution in [3.63, 3.8) is 0 Å². The minimum atomic E-state index is -1.98. The molecule has 5 atom stereocenters. The highest BCUT2D eigenvalue weighted by atomic mass is 32.2. The van der Waals surface area contributed by atoms with Crippen LogP contribution in [0.4, 0.5) is 0 Å². The number of ether oxygens (including phenoxy) is 3. The van der Waals surface area contributed by atoms with Gasteiger partial charge in [-0.1, -0.05) is 93.2 Å². The summed E-state index contributed by atoms with van der Waals surface area (Å²) in [6.45, 7) is 12.8. The number of aliphatic imine (C=N–C) groups is 1. The Kier molecular flexibility index (Phi) is 11.6. The Morgan fingerprint density at radius 1 is 0.897 bits per heavy atom. The molecule has 9 heteroatoms. The van der Waals surface area contributed by atoms with Crippen LogP contribution in [0.3, 0.4) is 0 Å². The summed E-state index contributed by atoms with van der Waals surface area (Å²) in [5, 5.41) is 8.06. The summed E-state index contributed by atoms with van der Waals surface area (Å²) in [5.74, 6) is 0. The minimum absolute atomic E-state index is 0.108. The molecule has 0 radical (unpaired) electrons. The summed E-state index contributed by atoms with van der Waals surface area (Å²) in [6, 6.07) is 20.4. The maximum atomic E-state index is 7.00. The molecule has 2 aliphatic rings. The normalized spacial score (nSPS) is 24.8. The van der Waals surface area contributed by atoms with Crippen LogP contribution in [0.1, 0.15) is 31.9 Å². The molecule has 216 valence electrons. The van der Waals surface area contributed by atoms with Gasteiger partial charge in [-0.3, -0.25) is 4.99 Å². The number of hydrogen-bond acceptors (Lipinski definition) is 8. The molecule has 0 aromatic heterocycles. The summed E-state index contributed by atoms with van der Waals surface area (Å²) in [6.07, 6.45) is -0.842. The molecule has 1 saturated heterocycles. The molecular formula is C30H46N2O5SSi. The Hall–Kier alpha value is -1.72. The van der Waals surface area contributed by atoms with Crippen LogP contribution in [0.25, 0.3) is 0 Å². The van der Waals surface area contributed by atoms with Gasteiger partial charge in [0.25, 0.3) is 0 Å². The molecule has 7 nitrogen and oxygen atoms in total. The van der Waals surface area contributed by atoms with E-state index in [0.29, 0.717) is 19.8 Å². The molecule has 1 N–H and O–H groups in total. The molecule has 0 saturated carbocycles. The van der Waals surface area contributed by atoms with Crippen molar-refractivity contribution in [1.29, 1.82) is 0 Å². The SMILES string of the molecule is CN(C)C1=N[C@@H]2[C@@H](OCc3ccccc3)[C@H](OCc3ccccc3)[C@@H](CO[Si](C)(C)C(C)(C)C)O[C@@H]2S1.CO. The van der Waals surface area contributed by atoms with Crippen LogP contribution < -0.4 is 0 Å². The monoisotopic (exact) mass is 574 g/mol. The lowest BCUT2D eigenvalue weighted by molar-refractivity contribution is -0.204. The van der Waals surface area contributed by atoms with Crippen molar-refractivity contribution in [3.05, 3.63) is 71.8 Å². The van der Waals surface area contributed by atoms with Gasteiger partial charge in [0.05, 0.1) is 19.8 Å². The van der Waals surface area contributed by atoms with Gasteiger partial charge in [0.15, 0.2) is 13.5 Å². The molecule has 1 fully saturated rings. The number of benzene rings is 2. The van der Waals surface area contributed by atoms with E-state index in [0.717, 1.165) is 23.4 Å². The average Bonchev–Trinajstić information content (AvgIpc) is 3.36. The maximum absolute atomic E-state index is 7.00. The lowest BCUT2D eigenvalue weighted by Gasteiger charge is -2.44. The second-order valence-corrected chi connectivity index (χ2v) is 17.4. The van der Waals surface area contributed by atoms with E-state index in [1.54, 1.807) is 11.8 Å². The third kappa shape index (κ3) is 8.39. The van der Waals surface area contributed by atoms with Crippen LogP contribution in [0.2, 0.25) is 18.1 Å². The van der Waals surface area contributed by atoms with Crippen molar-refractivity contribution >= 4 is 25.2 Å². The zero-order chi connectivity index (χ0) is 28.6. The van der Waals surface area contributed by atoms with Crippen molar-refractivity contribution in [2.24, 2.45) is 4.99 Å². The number of aliphatic hydroxyl groups excluding tert-OH is 1. The van der Waals surface area contributed by atoms with Gasteiger partial charge in [0, 0.05) is 21.2 Å². The first-order valence-electron chi connectivity index (χ1n) is 13.5. The van der Waals surface area contributed by atoms with E-state index < -0.39 is 8.32 Å². The van der Waals surface area contributed by atoms with Crippen LogP contribution >= 0.6 is 11.8 Å². The maximum Gasteiger partial charge on any atom is 0.192 e. The third-order valence-corrected chi connectivity index (χ3v) is 13.3. The van der Waals surface area contributed by atoms with E-state index in [1.807, 2.05) is 55.4 Å². The standard InChI is InChI=1S/C29H42N2O4SSi.CH4O/c1-29(2,3)37(6,7)34-20-23-25(32-18-21-14-10-8-11-15-21)26(33-19-22-16-12-9-13-17-22)24-27(35-23)36-28(30-24)31(4)5;1-2/h8-17,23-27H,18-20H2,1-7H3;2H,1H3/t23-,24-,25-,26-,27-;/m1./s1. The molecule has 39 heavy (non-hydrogen) atoms. The second kappa shape index (κ2) is 14.3.